The maximum atomic E-state index is 12.2. The molecule has 0 bridgehead atoms. The number of hydrogen-bond donors (Lipinski definition) is 1. The van der Waals surface area contributed by atoms with Gasteiger partial charge in [-0.1, -0.05) is 29.3 Å². The molecule has 0 aliphatic carbocycles. The van der Waals surface area contributed by atoms with E-state index in [1.165, 1.54) is 36.2 Å². The molecule has 0 fully saturated rings. The molecular formula is C16H15Cl2NO4S. The van der Waals surface area contributed by atoms with Crippen molar-refractivity contribution >= 4 is 38.9 Å². The third kappa shape index (κ3) is 4.63. The van der Waals surface area contributed by atoms with Gasteiger partial charge in [0.15, 0.2) is 9.84 Å². The lowest BCUT2D eigenvalue weighted by molar-refractivity contribution is -0.127. The first kappa shape index (κ1) is 18.6. The average molecular weight is 388 g/mol. The van der Waals surface area contributed by atoms with Crippen LogP contribution in [0.2, 0.25) is 10.0 Å². The van der Waals surface area contributed by atoms with Gasteiger partial charge >= 0.3 is 0 Å². The number of aromatic hydroxyl groups is 1. The van der Waals surface area contributed by atoms with Gasteiger partial charge in [-0.3, -0.25) is 4.79 Å². The topological polar surface area (TPSA) is 74.7 Å². The number of nitrogens with zero attached hydrogens (tertiary/aromatic N) is 1. The molecule has 2 aromatic carbocycles. The van der Waals surface area contributed by atoms with Crippen LogP contribution in [0.5, 0.6) is 5.75 Å². The molecule has 2 rings (SSSR count). The van der Waals surface area contributed by atoms with Crippen LogP contribution in [0.4, 0.5) is 0 Å². The van der Waals surface area contributed by atoms with Gasteiger partial charge in [0.25, 0.3) is 0 Å². The zero-order valence-electron chi connectivity index (χ0n) is 12.7. The van der Waals surface area contributed by atoms with Crippen molar-refractivity contribution in [2.24, 2.45) is 0 Å². The first-order valence-electron chi connectivity index (χ1n) is 6.89. The Kier molecular flexibility index (Phi) is 5.74. The van der Waals surface area contributed by atoms with E-state index in [0.717, 1.165) is 5.56 Å². The van der Waals surface area contributed by atoms with E-state index in [-0.39, 0.29) is 17.2 Å². The number of carbonyl (C=O) groups excluding carboxylic acids is 1. The van der Waals surface area contributed by atoms with Crippen LogP contribution in [0.15, 0.2) is 47.4 Å². The van der Waals surface area contributed by atoms with Gasteiger partial charge in [-0.15, -0.1) is 0 Å². The Morgan fingerprint density at radius 1 is 1.08 bits per heavy atom. The van der Waals surface area contributed by atoms with Gasteiger partial charge in [0.1, 0.15) is 11.5 Å². The molecule has 0 aliphatic heterocycles. The minimum Gasteiger partial charge on any atom is -0.508 e. The van der Waals surface area contributed by atoms with Crippen LogP contribution in [-0.2, 0) is 21.2 Å². The fourth-order valence-electron chi connectivity index (χ4n) is 2.01. The molecular weight excluding hydrogens is 373 g/mol. The fourth-order valence-corrected chi connectivity index (χ4v) is 3.59. The van der Waals surface area contributed by atoms with Crippen LogP contribution >= 0.6 is 23.2 Å². The predicted octanol–water partition coefficient (Wildman–Crippen LogP) is 3.13. The average Bonchev–Trinajstić information content (AvgIpc) is 2.51. The number of halogens is 2. The Bertz CT molecular complexity index is 851. The third-order valence-electron chi connectivity index (χ3n) is 3.34. The minimum atomic E-state index is -3.78. The van der Waals surface area contributed by atoms with Crippen molar-refractivity contribution in [1.29, 1.82) is 0 Å². The van der Waals surface area contributed by atoms with Gasteiger partial charge < -0.3 is 10.0 Å². The van der Waals surface area contributed by atoms with E-state index < -0.39 is 21.5 Å². The highest BCUT2D eigenvalue weighted by atomic mass is 35.5. The molecule has 1 amide bonds. The van der Waals surface area contributed by atoms with E-state index in [9.17, 15) is 18.3 Å². The SMILES string of the molecule is CN(Cc1ccc(Cl)c(Cl)c1)C(=O)CS(=O)(=O)c1ccc(O)cc1. The molecule has 0 aromatic heterocycles. The molecule has 2 aromatic rings. The minimum absolute atomic E-state index is 0.0170. The van der Waals surface area contributed by atoms with Gasteiger partial charge in [-0.05, 0) is 42.0 Å². The summed E-state index contributed by atoms with van der Waals surface area (Å²) in [5.74, 6) is -1.25. The molecule has 5 nitrogen and oxygen atoms in total. The Morgan fingerprint density at radius 2 is 1.71 bits per heavy atom. The molecule has 0 saturated carbocycles. The normalized spacial score (nSPS) is 11.3. The van der Waals surface area contributed by atoms with E-state index in [1.54, 1.807) is 18.2 Å². The van der Waals surface area contributed by atoms with Crippen molar-refractivity contribution in [3.05, 3.63) is 58.1 Å². The highest BCUT2D eigenvalue weighted by Gasteiger charge is 2.22. The molecule has 0 radical (unpaired) electrons. The molecule has 0 unspecified atom stereocenters. The van der Waals surface area contributed by atoms with Crippen molar-refractivity contribution in [2.75, 3.05) is 12.8 Å². The molecule has 24 heavy (non-hydrogen) atoms. The molecule has 0 aliphatic rings. The first-order valence-corrected chi connectivity index (χ1v) is 9.29. The van der Waals surface area contributed by atoms with Crippen molar-refractivity contribution in [3.63, 3.8) is 0 Å². The second kappa shape index (κ2) is 7.42. The number of rotatable bonds is 5. The number of phenolic OH excluding ortho intramolecular Hbond substituents is 1. The summed E-state index contributed by atoms with van der Waals surface area (Å²) >= 11 is 11.8. The molecule has 0 atom stereocenters. The van der Waals surface area contributed by atoms with E-state index in [1.807, 2.05) is 0 Å². The van der Waals surface area contributed by atoms with Crippen molar-refractivity contribution in [2.45, 2.75) is 11.4 Å². The van der Waals surface area contributed by atoms with E-state index in [0.29, 0.717) is 10.0 Å². The quantitative estimate of drug-likeness (QED) is 0.854. The standard InChI is InChI=1S/C16H15Cl2NO4S/c1-19(9-11-2-7-14(17)15(18)8-11)16(21)10-24(22,23)13-5-3-12(20)4-6-13/h2-8,20H,9-10H2,1H3. The summed E-state index contributed by atoms with van der Waals surface area (Å²) in [5.41, 5.74) is 0.738. The second-order valence-electron chi connectivity index (χ2n) is 5.25. The number of sulfone groups is 1. The molecule has 0 saturated heterocycles. The summed E-state index contributed by atoms with van der Waals surface area (Å²) in [7, 11) is -2.27. The summed E-state index contributed by atoms with van der Waals surface area (Å²) in [6.07, 6.45) is 0. The van der Waals surface area contributed by atoms with Crippen LogP contribution in [0.3, 0.4) is 0 Å². The molecule has 1 N–H and O–H groups in total. The lowest BCUT2D eigenvalue weighted by Crippen LogP contribution is -2.32. The molecule has 128 valence electrons. The number of hydrogen-bond acceptors (Lipinski definition) is 4. The Hall–Kier alpha value is -1.76. The van der Waals surface area contributed by atoms with Crippen LogP contribution < -0.4 is 0 Å². The zero-order valence-corrected chi connectivity index (χ0v) is 15.1. The summed E-state index contributed by atoms with van der Waals surface area (Å²) in [5, 5.41) is 9.98. The maximum Gasteiger partial charge on any atom is 0.238 e. The van der Waals surface area contributed by atoms with E-state index in [4.69, 9.17) is 23.2 Å². The molecule has 8 heteroatoms. The predicted molar refractivity (Wildman–Crippen MR) is 93.1 cm³/mol. The second-order valence-corrected chi connectivity index (χ2v) is 8.06. The Balaban J connectivity index is 2.07. The van der Waals surface area contributed by atoms with Crippen molar-refractivity contribution in [1.82, 2.24) is 4.90 Å². The van der Waals surface area contributed by atoms with Crippen molar-refractivity contribution in [3.8, 4) is 5.75 Å². The summed E-state index contributed by atoms with van der Waals surface area (Å²) in [4.78, 5) is 13.5. The van der Waals surface area contributed by atoms with Crippen LogP contribution in [-0.4, -0.2) is 37.1 Å². The number of amides is 1. The highest BCUT2D eigenvalue weighted by molar-refractivity contribution is 7.92. The Morgan fingerprint density at radius 3 is 2.29 bits per heavy atom. The monoisotopic (exact) mass is 387 g/mol. The van der Waals surface area contributed by atoms with Gasteiger partial charge in [0, 0.05) is 13.6 Å². The van der Waals surface area contributed by atoms with Gasteiger partial charge in [0.2, 0.25) is 5.91 Å². The third-order valence-corrected chi connectivity index (χ3v) is 5.70. The van der Waals surface area contributed by atoms with Gasteiger partial charge in [-0.2, -0.15) is 0 Å². The number of carbonyl (C=O) groups is 1. The van der Waals surface area contributed by atoms with Crippen molar-refractivity contribution < 1.29 is 18.3 Å². The maximum absolute atomic E-state index is 12.2. The van der Waals surface area contributed by atoms with E-state index in [2.05, 4.69) is 0 Å². The van der Waals surface area contributed by atoms with Gasteiger partial charge in [0.05, 0.1) is 14.9 Å². The van der Waals surface area contributed by atoms with Crippen LogP contribution in [0.25, 0.3) is 0 Å². The number of phenols is 1. The van der Waals surface area contributed by atoms with Crippen LogP contribution in [0.1, 0.15) is 5.56 Å². The largest absolute Gasteiger partial charge is 0.508 e. The summed E-state index contributed by atoms with van der Waals surface area (Å²) in [6.45, 7) is 0.209. The Labute approximate surface area is 150 Å². The zero-order chi connectivity index (χ0) is 17.9. The first-order chi connectivity index (χ1) is 11.2. The smallest absolute Gasteiger partial charge is 0.238 e. The highest BCUT2D eigenvalue weighted by Crippen LogP contribution is 2.23. The molecule has 0 spiro atoms. The van der Waals surface area contributed by atoms with Crippen LogP contribution in [0, 0.1) is 0 Å². The summed E-state index contributed by atoms with van der Waals surface area (Å²) in [6, 6.07) is 10.0. The lowest BCUT2D eigenvalue weighted by Gasteiger charge is -2.17. The molecule has 0 heterocycles. The summed E-state index contributed by atoms with van der Waals surface area (Å²) < 4.78 is 24.5. The van der Waals surface area contributed by atoms with Gasteiger partial charge in [-0.25, -0.2) is 8.42 Å². The number of benzene rings is 2. The van der Waals surface area contributed by atoms with E-state index >= 15 is 0 Å². The fraction of sp³-hybridized carbons (Fsp3) is 0.188. The lowest BCUT2D eigenvalue weighted by atomic mass is 10.2.